The van der Waals surface area contributed by atoms with Gasteiger partial charge in [-0.05, 0) is 79.6 Å². The molecule has 6 heteroatoms. The van der Waals surface area contributed by atoms with Crippen molar-refractivity contribution in [3.8, 4) is 11.3 Å². The summed E-state index contributed by atoms with van der Waals surface area (Å²) in [5.74, 6) is 1.32. The second kappa shape index (κ2) is 10.7. The molecule has 3 aromatic carbocycles. The number of benzene rings is 3. The fraction of sp³-hybridized carbons (Fsp3) is 0.133. The molecule has 0 atom stereocenters. The number of carbonyl (C=O) groups is 1. The third-order valence-corrected chi connectivity index (χ3v) is 7.57. The van der Waals surface area contributed by atoms with Crippen molar-refractivity contribution < 1.29 is 9.21 Å². The molecular weight excluding hydrogens is 532 g/mol. The molecular formula is C30H25BrN2O2S. The molecule has 0 bridgehead atoms. The second-order valence-electron chi connectivity index (χ2n) is 8.72. The third kappa shape index (κ3) is 5.55. The van der Waals surface area contributed by atoms with Gasteiger partial charge in [0.05, 0.1) is 10.6 Å². The first-order chi connectivity index (χ1) is 17.5. The minimum absolute atomic E-state index is 0.0590. The third-order valence-electron chi connectivity index (χ3n) is 5.90. The van der Waals surface area contributed by atoms with E-state index < -0.39 is 0 Å². The van der Waals surface area contributed by atoms with E-state index in [1.165, 1.54) is 28.5 Å². The maximum atomic E-state index is 13.5. The predicted molar refractivity (Wildman–Crippen MR) is 152 cm³/mol. The number of rotatable bonds is 6. The minimum atomic E-state index is -0.0590. The van der Waals surface area contributed by atoms with E-state index in [9.17, 15) is 4.79 Å². The Bertz CT molecular complexity index is 1460. The maximum absolute atomic E-state index is 13.5. The Morgan fingerprint density at radius 3 is 2.44 bits per heavy atom. The van der Waals surface area contributed by atoms with E-state index in [0.717, 1.165) is 27.9 Å². The summed E-state index contributed by atoms with van der Waals surface area (Å²) in [7, 11) is 0. The van der Waals surface area contributed by atoms with Crippen molar-refractivity contribution in [1.82, 2.24) is 4.90 Å². The highest BCUT2D eigenvalue weighted by atomic mass is 79.9. The summed E-state index contributed by atoms with van der Waals surface area (Å²) in [6, 6.07) is 28.2. The lowest BCUT2D eigenvalue weighted by atomic mass is 10.1. The van der Waals surface area contributed by atoms with Crippen LogP contribution in [0.1, 0.15) is 22.5 Å². The summed E-state index contributed by atoms with van der Waals surface area (Å²) in [5.41, 5.74) is 5.32. The van der Waals surface area contributed by atoms with Crippen LogP contribution < -0.4 is 0 Å². The van der Waals surface area contributed by atoms with Crippen molar-refractivity contribution in [2.45, 2.75) is 20.3 Å². The fourth-order valence-corrected chi connectivity index (χ4v) is 5.62. The number of hydrogen-bond donors (Lipinski definition) is 0. The Kier molecular flexibility index (Phi) is 7.25. The van der Waals surface area contributed by atoms with E-state index in [1.807, 2.05) is 73.7 Å². The van der Waals surface area contributed by atoms with Crippen LogP contribution in [0.4, 0.5) is 5.69 Å². The van der Waals surface area contributed by atoms with Gasteiger partial charge in [-0.25, -0.2) is 4.99 Å². The molecule has 1 amide bonds. The molecule has 0 saturated carbocycles. The van der Waals surface area contributed by atoms with Gasteiger partial charge >= 0.3 is 0 Å². The first-order valence-electron chi connectivity index (χ1n) is 11.7. The summed E-state index contributed by atoms with van der Waals surface area (Å²) in [6.45, 7) is 4.65. The Hall–Kier alpha value is -3.35. The molecule has 1 aliphatic rings. The Morgan fingerprint density at radius 2 is 1.69 bits per heavy atom. The van der Waals surface area contributed by atoms with Crippen molar-refractivity contribution in [1.29, 1.82) is 0 Å². The zero-order valence-corrected chi connectivity index (χ0v) is 22.5. The SMILES string of the molecule is Cc1ccc(N=C2S/C(=C/c3ccc(-c4ccc(C)cc4Br)o3)C(=O)N2CCc2ccccc2)cc1. The number of amidine groups is 1. The van der Waals surface area contributed by atoms with Gasteiger partial charge < -0.3 is 4.42 Å². The molecule has 0 unspecified atom stereocenters. The van der Waals surface area contributed by atoms with Gasteiger partial charge in [-0.1, -0.05) is 70.0 Å². The minimum Gasteiger partial charge on any atom is -0.457 e. The van der Waals surface area contributed by atoms with Gasteiger partial charge in [0.25, 0.3) is 5.91 Å². The molecule has 4 nitrogen and oxygen atoms in total. The molecule has 5 rings (SSSR count). The number of aliphatic imine (C=N–C) groups is 1. The van der Waals surface area contributed by atoms with Crippen LogP contribution in [0.15, 0.2) is 104 Å². The molecule has 180 valence electrons. The van der Waals surface area contributed by atoms with E-state index in [2.05, 4.69) is 47.1 Å². The standard InChI is InChI=1S/C30H25BrN2O2S/c1-20-8-11-23(12-9-20)32-30-33(17-16-22-6-4-3-5-7-22)29(34)28(36-30)19-24-13-15-27(35-24)25-14-10-21(2)18-26(25)31/h3-15,18-19H,16-17H2,1-2H3/b28-19+,32-30?. The van der Waals surface area contributed by atoms with Gasteiger partial charge in [-0.2, -0.15) is 0 Å². The highest BCUT2D eigenvalue weighted by Gasteiger charge is 2.33. The molecule has 0 aliphatic carbocycles. The Morgan fingerprint density at radius 1 is 0.944 bits per heavy atom. The van der Waals surface area contributed by atoms with E-state index in [4.69, 9.17) is 9.41 Å². The summed E-state index contributed by atoms with van der Waals surface area (Å²) >= 11 is 5.01. The number of thioether (sulfide) groups is 1. The van der Waals surface area contributed by atoms with Crippen LogP contribution >= 0.6 is 27.7 Å². The molecule has 1 aromatic heterocycles. The first-order valence-corrected chi connectivity index (χ1v) is 13.3. The monoisotopic (exact) mass is 556 g/mol. The molecule has 4 aromatic rings. The first kappa shape index (κ1) is 24.3. The molecule has 2 heterocycles. The van der Waals surface area contributed by atoms with Crippen LogP contribution in [-0.2, 0) is 11.2 Å². The van der Waals surface area contributed by atoms with E-state index in [-0.39, 0.29) is 5.91 Å². The predicted octanol–water partition coefficient (Wildman–Crippen LogP) is 8.17. The summed E-state index contributed by atoms with van der Waals surface area (Å²) in [4.78, 5) is 20.6. The van der Waals surface area contributed by atoms with Crippen molar-refractivity contribution >= 4 is 50.5 Å². The van der Waals surface area contributed by atoms with Gasteiger partial charge in [0, 0.05) is 22.7 Å². The largest absolute Gasteiger partial charge is 0.457 e. The lowest BCUT2D eigenvalue weighted by Gasteiger charge is -2.15. The highest BCUT2D eigenvalue weighted by molar-refractivity contribution is 9.10. The fourth-order valence-electron chi connectivity index (χ4n) is 3.93. The number of aryl methyl sites for hydroxylation is 2. The number of carbonyl (C=O) groups excluding carboxylic acids is 1. The van der Waals surface area contributed by atoms with Gasteiger partial charge in [-0.3, -0.25) is 9.69 Å². The number of furan rings is 1. The Balaban J connectivity index is 1.43. The highest BCUT2D eigenvalue weighted by Crippen LogP contribution is 2.36. The molecule has 0 spiro atoms. The molecule has 36 heavy (non-hydrogen) atoms. The molecule has 1 saturated heterocycles. The second-order valence-corrected chi connectivity index (χ2v) is 10.6. The zero-order valence-electron chi connectivity index (χ0n) is 20.1. The topological polar surface area (TPSA) is 45.8 Å². The van der Waals surface area contributed by atoms with E-state index in [0.29, 0.717) is 22.4 Å². The molecule has 0 N–H and O–H groups in total. The van der Waals surface area contributed by atoms with Gasteiger partial charge in [-0.15, -0.1) is 0 Å². The molecule has 1 aliphatic heterocycles. The van der Waals surface area contributed by atoms with Crippen LogP contribution in [0.25, 0.3) is 17.4 Å². The molecule has 1 fully saturated rings. The van der Waals surface area contributed by atoms with Crippen LogP contribution in [0, 0.1) is 13.8 Å². The lowest BCUT2D eigenvalue weighted by Crippen LogP contribution is -2.31. The van der Waals surface area contributed by atoms with Gasteiger partial charge in [0.15, 0.2) is 5.17 Å². The van der Waals surface area contributed by atoms with Crippen molar-refractivity contribution in [3.63, 3.8) is 0 Å². The number of amides is 1. The number of hydrogen-bond acceptors (Lipinski definition) is 4. The lowest BCUT2D eigenvalue weighted by molar-refractivity contribution is -0.122. The summed E-state index contributed by atoms with van der Waals surface area (Å²) in [5, 5.41) is 0.680. The summed E-state index contributed by atoms with van der Waals surface area (Å²) < 4.78 is 7.08. The average molecular weight is 558 g/mol. The van der Waals surface area contributed by atoms with E-state index in [1.54, 1.807) is 4.90 Å². The quantitative estimate of drug-likeness (QED) is 0.225. The number of nitrogens with zero attached hydrogens (tertiary/aromatic N) is 2. The van der Waals surface area contributed by atoms with Crippen LogP contribution in [0.5, 0.6) is 0 Å². The van der Waals surface area contributed by atoms with Crippen LogP contribution in [0.3, 0.4) is 0 Å². The smallest absolute Gasteiger partial charge is 0.266 e. The van der Waals surface area contributed by atoms with Crippen molar-refractivity contribution in [2.24, 2.45) is 4.99 Å². The van der Waals surface area contributed by atoms with Gasteiger partial charge in [0.2, 0.25) is 0 Å². The maximum Gasteiger partial charge on any atom is 0.266 e. The summed E-state index contributed by atoms with van der Waals surface area (Å²) in [6.07, 6.45) is 2.56. The van der Waals surface area contributed by atoms with Gasteiger partial charge in [0.1, 0.15) is 11.5 Å². The van der Waals surface area contributed by atoms with Crippen LogP contribution in [0.2, 0.25) is 0 Å². The van der Waals surface area contributed by atoms with Crippen LogP contribution in [-0.4, -0.2) is 22.5 Å². The zero-order chi connectivity index (χ0) is 25.1. The Labute approximate surface area is 223 Å². The molecule has 0 radical (unpaired) electrons. The van der Waals surface area contributed by atoms with Crippen molar-refractivity contribution in [3.05, 3.63) is 117 Å². The van der Waals surface area contributed by atoms with Crippen molar-refractivity contribution in [2.75, 3.05) is 6.54 Å². The van der Waals surface area contributed by atoms with E-state index >= 15 is 0 Å². The average Bonchev–Trinajstić information content (AvgIpc) is 3.44. The normalized spacial score (nSPS) is 15.9. The number of halogens is 1.